The highest BCUT2D eigenvalue weighted by Gasteiger charge is 2.38. The van der Waals surface area contributed by atoms with Crippen LogP contribution in [0.2, 0.25) is 0 Å². The number of allylic oxidation sites excluding steroid dienone is 2. The van der Waals surface area contributed by atoms with Crippen molar-refractivity contribution in [2.24, 2.45) is 11.3 Å². The van der Waals surface area contributed by atoms with Crippen LogP contribution >= 0.6 is 11.8 Å². The molecule has 0 aromatic carbocycles. The minimum Gasteiger partial charge on any atom is -0.480 e. The van der Waals surface area contributed by atoms with Gasteiger partial charge < -0.3 is 5.11 Å². The Morgan fingerprint density at radius 2 is 2.35 bits per heavy atom. The van der Waals surface area contributed by atoms with Gasteiger partial charge in [0.05, 0.1) is 5.37 Å². The fourth-order valence-corrected chi connectivity index (χ4v) is 3.95. The Balaban J connectivity index is 1.90. The lowest BCUT2D eigenvalue weighted by Gasteiger charge is -2.31. The second kappa shape index (κ2) is 4.65. The Kier molecular flexibility index (Phi) is 3.55. The van der Waals surface area contributed by atoms with Gasteiger partial charge in [0.2, 0.25) is 0 Å². The van der Waals surface area contributed by atoms with E-state index in [4.69, 9.17) is 5.11 Å². The van der Waals surface area contributed by atoms with Crippen LogP contribution in [0, 0.1) is 11.3 Å². The van der Waals surface area contributed by atoms with E-state index >= 15 is 0 Å². The average molecular weight is 255 g/mol. The van der Waals surface area contributed by atoms with Crippen molar-refractivity contribution in [3.8, 4) is 0 Å². The molecule has 1 fully saturated rings. The van der Waals surface area contributed by atoms with Crippen LogP contribution in [0.5, 0.6) is 0 Å². The van der Waals surface area contributed by atoms with Crippen molar-refractivity contribution in [2.75, 3.05) is 5.75 Å². The van der Waals surface area contributed by atoms with E-state index < -0.39 is 5.97 Å². The molecule has 2 aliphatic rings. The maximum atomic E-state index is 10.9. The highest BCUT2D eigenvalue weighted by Crippen LogP contribution is 2.46. The predicted molar refractivity (Wildman–Crippen MR) is 71.1 cm³/mol. The van der Waals surface area contributed by atoms with E-state index in [1.165, 1.54) is 5.57 Å². The van der Waals surface area contributed by atoms with Crippen molar-refractivity contribution in [1.82, 2.24) is 5.32 Å². The Bertz CT molecular complexity index is 351. The van der Waals surface area contributed by atoms with Crippen molar-refractivity contribution in [2.45, 2.75) is 45.0 Å². The van der Waals surface area contributed by atoms with Crippen molar-refractivity contribution in [3.05, 3.63) is 11.6 Å². The van der Waals surface area contributed by atoms with Gasteiger partial charge in [-0.25, -0.2) is 0 Å². The van der Waals surface area contributed by atoms with Gasteiger partial charge in [-0.15, -0.1) is 11.8 Å². The summed E-state index contributed by atoms with van der Waals surface area (Å²) in [5.74, 6) is 0.611. The molecule has 3 nitrogen and oxygen atoms in total. The molecule has 2 rings (SSSR count). The summed E-state index contributed by atoms with van der Waals surface area (Å²) in [5, 5.41) is 12.5. The zero-order valence-electron chi connectivity index (χ0n) is 10.7. The molecule has 4 heteroatoms. The lowest BCUT2D eigenvalue weighted by atomic mass is 9.76. The van der Waals surface area contributed by atoms with E-state index in [2.05, 4.69) is 32.2 Å². The van der Waals surface area contributed by atoms with Crippen molar-refractivity contribution in [3.63, 3.8) is 0 Å². The zero-order chi connectivity index (χ0) is 12.6. The average Bonchev–Trinajstić information content (AvgIpc) is 2.79. The summed E-state index contributed by atoms with van der Waals surface area (Å²) >= 11 is 1.75. The zero-order valence-corrected chi connectivity index (χ0v) is 11.5. The van der Waals surface area contributed by atoms with Crippen molar-refractivity contribution < 1.29 is 9.90 Å². The molecule has 0 radical (unpaired) electrons. The molecule has 0 amide bonds. The smallest absolute Gasteiger partial charge is 0.321 e. The highest BCUT2D eigenvalue weighted by molar-refractivity contribution is 8.00. The summed E-state index contributed by atoms with van der Waals surface area (Å²) in [7, 11) is 0. The van der Waals surface area contributed by atoms with E-state index in [9.17, 15) is 4.79 Å². The van der Waals surface area contributed by atoms with Crippen LogP contribution < -0.4 is 5.32 Å². The largest absolute Gasteiger partial charge is 0.480 e. The number of rotatable bonds is 3. The lowest BCUT2D eigenvalue weighted by Crippen LogP contribution is -2.38. The van der Waals surface area contributed by atoms with E-state index in [-0.39, 0.29) is 11.5 Å². The molecule has 3 atom stereocenters. The minimum absolute atomic E-state index is 0.267. The predicted octanol–water partition coefficient (Wildman–Crippen LogP) is 2.48. The number of carboxylic acids is 1. The molecule has 1 aliphatic heterocycles. The van der Waals surface area contributed by atoms with Gasteiger partial charge in [-0.1, -0.05) is 25.5 Å². The number of hydrogen-bond acceptors (Lipinski definition) is 3. The van der Waals surface area contributed by atoms with Crippen LogP contribution in [0.25, 0.3) is 0 Å². The van der Waals surface area contributed by atoms with Gasteiger partial charge in [0.25, 0.3) is 0 Å². The standard InChI is InChI=1S/C13H21NO2S/c1-8-4-5-9(13(8,2)3)6-11-14-10(7-17-11)12(15)16/h4,9-11,14H,5-7H2,1-3H3,(H,15,16). The first-order chi connectivity index (χ1) is 7.91. The summed E-state index contributed by atoms with van der Waals surface area (Å²) in [5.41, 5.74) is 1.74. The topological polar surface area (TPSA) is 49.3 Å². The van der Waals surface area contributed by atoms with Gasteiger partial charge in [0.1, 0.15) is 6.04 Å². The molecule has 0 bridgehead atoms. The number of thioether (sulfide) groups is 1. The molecule has 2 N–H and O–H groups in total. The van der Waals surface area contributed by atoms with E-state index in [1.807, 2.05) is 0 Å². The molecule has 17 heavy (non-hydrogen) atoms. The third kappa shape index (κ3) is 2.52. The van der Waals surface area contributed by atoms with E-state index in [0.29, 0.717) is 17.0 Å². The van der Waals surface area contributed by atoms with Gasteiger partial charge in [0.15, 0.2) is 0 Å². The molecule has 0 spiro atoms. The number of carbonyl (C=O) groups is 1. The fourth-order valence-electron chi connectivity index (χ4n) is 2.66. The molecule has 0 aromatic rings. The van der Waals surface area contributed by atoms with Crippen molar-refractivity contribution in [1.29, 1.82) is 0 Å². The number of carboxylic acid groups (broad SMARTS) is 1. The van der Waals surface area contributed by atoms with Crippen molar-refractivity contribution >= 4 is 17.7 Å². The van der Waals surface area contributed by atoms with Gasteiger partial charge >= 0.3 is 5.97 Å². The van der Waals surface area contributed by atoms with Crippen LogP contribution in [0.4, 0.5) is 0 Å². The van der Waals surface area contributed by atoms with Gasteiger partial charge in [-0.05, 0) is 31.1 Å². The monoisotopic (exact) mass is 255 g/mol. The Labute approximate surface area is 107 Å². The first-order valence-corrected chi connectivity index (χ1v) is 7.24. The molecular weight excluding hydrogens is 234 g/mol. The molecule has 96 valence electrons. The summed E-state index contributed by atoms with van der Waals surface area (Å²) in [6.45, 7) is 6.80. The van der Waals surface area contributed by atoms with Gasteiger partial charge in [-0.2, -0.15) is 0 Å². The number of hydrogen-bond donors (Lipinski definition) is 2. The molecule has 0 aromatic heterocycles. The molecular formula is C13H21NO2S. The van der Waals surface area contributed by atoms with Gasteiger partial charge in [0, 0.05) is 5.75 Å². The SMILES string of the molecule is CC1=CCC(CC2NC(C(=O)O)CS2)C1(C)C. The fraction of sp³-hybridized carbons (Fsp3) is 0.769. The van der Waals surface area contributed by atoms with Crippen LogP contribution in [-0.4, -0.2) is 28.2 Å². The normalized spacial score (nSPS) is 35.9. The summed E-state index contributed by atoms with van der Waals surface area (Å²) in [4.78, 5) is 10.9. The molecule has 0 saturated carbocycles. The number of nitrogens with one attached hydrogen (secondary N) is 1. The van der Waals surface area contributed by atoms with Crippen LogP contribution in [-0.2, 0) is 4.79 Å². The Morgan fingerprint density at radius 3 is 2.82 bits per heavy atom. The second-order valence-corrected chi connectivity index (χ2v) is 6.89. The molecule has 1 heterocycles. The van der Waals surface area contributed by atoms with Crippen LogP contribution in [0.1, 0.15) is 33.6 Å². The van der Waals surface area contributed by atoms with E-state index in [0.717, 1.165) is 12.8 Å². The molecule has 1 saturated heterocycles. The maximum absolute atomic E-state index is 10.9. The Hall–Kier alpha value is -0.480. The number of aliphatic carboxylic acids is 1. The Morgan fingerprint density at radius 1 is 1.65 bits per heavy atom. The summed E-state index contributed by atoms with van der Waals surface area (Å²) in [6.07, 6.45) is 4.53. The summed E-state index contributed by atoms with van der Waals surface area (Å²) in [6, 6.07) is -0.358. The molecule has 3 unspecified atom stereocenters. The minimum atomic E-state index is -0.722. The highest BCUT2D eigenvalue weighted by atomic mass is 32.2. The third-order valence-corrected chi connectivity index (χ3v) is 5.65. The van der Waals surface area contributed by atoms with Crippen LogP contribution in [0.15, 0.2) is 11.6 Å². The lowest BCUT2D eigenvalue weighted by molar-refractivity contribution is -0.138. The quantitative estimate of drug-likeness (QED) is 0.761. The molecule has 1 aliphatic carbocycles. The summed E-state index contributed by atoms with van der Waals surface area (Å²) < 4.78 is 0. The van der Waals surface area contributed by atoms with E-state index in [1.54, 1.807) is 11.8 Å². The van der Waals surface area contributed by atoms with Crippen LogP contribution in [0.3, 0.4) is 0 Å². The first kappa shape index (κ1) is 13.0. The first-order valence-electron chi connectivity index (χ1n) is 6.19. The second-order valence-electron chi connectivity index (χ2n) is 5.66. The maximum Gasteiger partial charge on any atom is 0.321 e. The van der Waals surface area contributed by atoms with Gasteiger partial charge in [-0.3, -0.25) is 10.1 Å². The third-order valence-electron chi connectivity index (χ3n) is 4.39.